The third kappa shape index (κ3) is 3.46. The van der Waals surface area contributed by atoms with Gasteiger partial charge in [0, 0.05) is 0 Å². The van der Waals surface area contributed by atoms with Gasteiger partial charge in [-0.15, -0.1) is 0 Å². The quantitative estimate of drug-likeness (QED) is 0.515. The van der Waals surface area contributed by atoms with Gasteiger partial charge in [-0.1, -0.05) is 45.4 Å². The van der Waals surface area contributed by atoms with Gasteiger partial charge >= 0.3 is 23.1 Å². The van der Waals surface area contributed by atoms with Crippen LogP contribution in [0.1, 0.15) is 48.3 Å². The summed E-state index contributed by atoms with van der Waals surface area (Å²) in [4.78, 5) is 0. The van der Waals surface area contributed by atoms with E-state index >= 15 is 0 Å². The summed E-state index contributed by atoms with van der Waals surface area (Å²) >= 11 is 0. The summed E-state index contributed by atoms with van der Waals surface area (Å²) in [5.41, 5.74) is 0. The molecule has 1 fully saturated rings. The second-order valence-corrected chi connectivity index (χ2v) is 2.94. The molecule has 0 aromatic heterocycles. The van der Waals surface area contributed by atoms with Crippen LogP contribution in [0.4, 0.5) is 0 Å². The van der Waals surface area contributed by atoms with Crippen molar-refractivity contribution in [2.24, 2.45) is 5.92 Å². The molecular formula is C8H18Mg. The maximum Gasteiger partial charge on any atom is 2.00 e. The fourth-order valence-corrected chi connectivity index (χ4v) is 1.71. The average Bonchev–Trinajstić information content (AvgIpc) is 2.19. The van der Waals surface area contributed by atoms with E-state index in [1.807, 2.05) is 0 Å². The fourth-order valence-electron chi connectivity index (χ4n) is 1.71. The van der Waals surface area contributed by atoms with E-state index in [0.717, 1.165) is 5.92 Å². The average molecular weight is 139 g/mol. The molecule has 0 aromatic rings. The molecule has 0 unspecified atom stereocenters. The predicted molar refractivity (Wildman–Crippen MR) is 44.8 cm³/mol. The summed E-state index contributed by atoms with van der Waals surface area (Å²) in [5.74, 6) is 1.11. The van der Waals surface area contributed by atoms with Crippen molar-refractivity contribution in [3.8, 4) is 0 Å². The van der Waals surface area contributed by atoms with E-state index in [1.165, 1.54) is 38.5 Å². The molecule has 0 radical (unpaired) electrons. The number of hydrogen-bond donors (Lipinski definition) is 0. The largest absolute Gasteiger partial charge is 2.00 e. The van der Waals surface area contributed by atoms with Crippen molar-refractivity contribution < 1.29 is 2.85 Å². The second kappa shape index (κ2) is 5.54. The van der Waals surface area contributed by atoms with Gasteiger partial charge in [-0.3, -0.25) is 0 Å². The minimum Gasteiger partial charge on any atom is -1.00 e. The molecular weight excluding hydrogens is 120 g/mol. The Labute approximate surface area is 77.5 Å². The first-order chi connectivity index (χ1) is 3.93. The van der Waals surface area contributed by atoms with Crippen molar-refractivity contribution in [3.63, 3.8) is 0 Å². The molecule has 1 saturated carbocycles. The summed E-state index contributed by atoms with van der Waals surface area (Å²) in [6, 6.07) is 0. The van der Waals surface area contributed by atoms with Gasteiger partial charge in [-0.2, -0.15) is 0 Å². The predicted octanol–water partition coefficient (Wildman–Crippen LogP) is 2.82. The maximum atomic E-state index is 2.29. The van der Waals surface area contributed by atoms with Gasteiger partial charge in [0.05, 0.1) is 0 Å². The molecule has 1 aliphatic carbocycles. The van der Waals surface area contributed by atoms with Crippen molar-refractivity contribution in [1.29, 1.82) is 0 Å². The number of hydrogen-bond acceptors (Lipinski definition) is 0. The Morgan fingerprint density at radius 3 is 2.33 bits per heavy atom. The van der Waals surface area contributed by atoms with Crippen LogP contribution in [0.2, 0.25) is 0 Å². The Balaban J connectivity index is -0.000000213. The van der Waals surface area contributed by atoms with E-state index in [0.29, 0.717) is 0 Å². The SMILES string of the molecule is CCCC1CCCC1.[H-].[H-].[Mg+2]. The van der Waals surface area contributed by atoms with Gasteiger partial charge in [-0.25, -0.2) is 0 Å². The molecule has 0 aliphatic heterocycles. The molecule has 1 aliphatic rings. The molecule has 0 saturated heterocycles. The number of rotatable bonds is 2. The van der Waals surface area contributed by atoms with Crippen molar-refractivity contribution in [3.05, 3.63) is 0 Å². The Bertz CT molecular complexity index is 63.1. The van der Waals surface area contributed by atoms with Crippen LogP contribution in [0.3, 0.4) is 0 Å². The molecule has 0 spiro atoms. The molecule has 0 amide bonds. The minimum atomic E-state index is 0. The van der Waals surface area contributed by atoms with Crippen molar-refractivity contribution in [1.82, 2.24) is 0 Å². The molecule has 0 nitrogen and oxygen atoms in total. The second-order valence-electron chi connectivity index (χ2n) is 2.94. The van der Waals surface area contributed by atoms with E-state index in [9.17, 15) is 0 Å². The van der Waals surface area contributed by atoms with Gasteiger partial charge < -0.3 is 2.85 Å². The Morgan fingerprint density at radius 1 is 1.33 bits per heavy atom. The molecule has 0 N–H and O–H groups in total. The van der Waals surface area contributed by atoms with Crippen LogP contribution in [0.5, 0.6) is 0 Å². The normalized spacial score (nSPS) is 19.7. The Morgan fingerprint density at radius 2 is 1.89 bits per heavy atom. The van der Waals surface area contributed by atoms with E-state index in [1.54, 1.807) is 0 Å². The first-order valence-electron chi connectivity index (χ1n) is 3.93. The van der Waals surface area contributed by atoms with Crippen LogP contribution < -0.4 is 0 Å². The summed E-state index contributed by atoms with van der Waals surface area (Å²) < 4.78 is 0. The van der Waals surface area contributed by atoms with Crippen LogP contribution in [0.25, 0.3) is 0 Å². The van der Waals surface area contributed by atoms with Gasteiger partial charge in [0.25, 0.3) is 0 Å². The zero-order chi connectivity index (χ0) is 5.82. The van der Waals surface area contributed by atoms with E-state index in [2.05, 4.69) is 6.92 Å². The molecule has 0 bridgehead atoms. The van der Waals surface area contributed by atoms with Crippen LogP contribution >= 0.6 is 0 Å². The minimum absolute atomic E-state index is 0. The van der Waals surface area contributed by atoms with Gasteiger partial charge in [0.15, 0.2) is 0 Å². The van der Waals surface area contributed by atoms with Crippen LogP contribution in [-0.4, -0.2) is 23.1 Å². The summed E-state index contributed by atoms with van der Waals surface area (Å²) in [6.07, 6.45) is 8.93. The summed E-state index contributed by atoms with van der Waals surface area (Å²) in [5, 5.41) is 0. The molecule has 52 valence electrons. The maximum absolute atomic E-state index is 2.29. The van der Waals surface area contributed by atoms with Crippen LogP contribution in [-0.2, 0) is 0 Å². The molecule has 0 heterocycles. The molecule has 0 aromatic carbocycles. The standard InChI is InChI=1S/C8H16.Mg.2H/c1-2-5-8-6-3-4-7-8;;;/h8H,2-7H2,1H3;;;/q;+2;2*-1. The molecule has 9 heavy (non-hydrogen) atoms. The van der Waals surface area contributed by atoms with Crippen LogP contribution in [0.15, 0.2) is 0 Å². The van der Waals surface area contributed by atoms with Gasteiger partial charge in [0.2, 0.25) is 0 Å². The van der Waals surface area contributed by atoms with Crippen molar-refractivity contribution >= 4 is 23.1 Å². The van der Waals surface area contributed by atoms with Crippen molar-refractivity contribution in [2.45, 2.75) is 45.4 Å². The fraction of sp³-hybridized carbons (Fsp3) is 1.00. The smallest absolute Gasteiger partial charge is 1.00 e. The van der Waals surface area contributed by atoms with Gasteiger partial charge in [0.1, 0.15) is 0 Å². The third-order valence-corrected chi connectivity index (χ3v) is 2.17. The molecule has 0 atom stereocenters. The van der Waals surface area contributed by atoms with E-state index in [-0.39, 0.29) is 25.9 Å². The Hall–Kier alpha value is 0.766. The van der Waals surface area contributed by atoms with Crippen LogP contribution in [0, 0.1) is 5.92 Å². The topological polar surface area (TPSA) is 0 Å². The zero-order valence-corrected chi connectivity index (χ0v) is 7.94. The molecule has 1 rings (SSSR count). The summed E-state index contributed by atoms with van der Waals surface area (Å²) in [6.45, 7) is 2.29. The Kier molecular flexibility index (Phi) is 6.02. The van der Waals surface area contributed by atoms with Gasteiger partial charge in [-0.05, 0) is 5.92 Å². The van der Waals surface area contributed by atoms with E-state index < -0.39 is 0 Å². The first kappa shape index (κ1) is 9.77. The zero-order valence-electron chi connectivity index (χ0n) is 8.53. The first-order valence-corrected chi connectivity index (χ1v) is 3.93. The monoisotopic (exact) mass is 138 g/mol. The van der Waals surface area contributed by atoms with Crippen molar-refractivity contribution in [2.75, 3.05) is 0 Å². The molecule has 1 heteroatoms. The van der Waals surface area contributed by atoms with E-state index in [4.69, 9.17) is 0 Å². The summed E-state index contributed by atoms with van der Waals surface area (Å²) in [7, 11) is 0. The third-order valence-electron chi connectivity index (χ3n) is 2.17.